The van der Waals surface area contributed by atoms with Crippen LogP contribution in [0.25, 0.3) is 11.3 Å². The van der Waals surface area contributed by atoms with E-state index in [-0.39, 0.29) is 0 Å². The van der Waals surface area contributed by atoms with E-state index in [1.54, 1.807) is 0 Å². The Morgan fingerprint density at radius 1 is 1.04 bits per heavy atom. The summed E-state index contributed by atoms with van der Waals surface area (Å²) in [6.07, 6.45) is 1.15. The highest BCUT2D eigenvalue weighted by Gasteiger charge is 2.09. The van der Waals surface area contributed by atoms with Crippen LogP contribution in [0.5, 0.6) is 0 Å². The fraction of sp³-hybridized carbons (Fsp3) is 0.444. The number of rotatable bonds is 7. The first-order chi connectivity index (χ1) is 11.3. The third-order valence-electron chi connectivity index (χ3n) is 4.02. The molecule has 0 atom stereocenters. The Kier molecular flexibility index (Phi) is 6.28. The van der Waals surface area contributed by atoms with Crippen molar-refractivity contribution in [2.45, 2.75) is 13.0 Å². The second-order valence-electron chi connectivity index (χ2n) is 5.76. The van der Waals surface area contributed by atoms with Crippen molar-refractivity contribution < 1.29 is 9.15 Å². The molecule has 0 aliphatic carbocycles. The molecule has 1 aliphatic rings. The van der Waals surface area contributed by atoms with Crippen LogP contribution >= 0.6 is 15.9 Å². The fourth-order valence-corrected chi connectivity index (χ4v) is 2.97. The first kappa shape index (κ1) is 16.7. The van der Waals surface area contributed by atoms with Crippen molar-refractivity contribution in [1.82, 2.24) is 10.2 Å². The molecule has 23 heavy (non-hydrogen) atoms. The molecule has 0 saturated carbocycles. The van der Waals surface area contributed by atoms with Crippen molar-refractivity contribution in [2.75, 3.05) is 39.4 Å². The second kappa shape index (κ2) is 8.64. The van der Waals surface area contributed by atoms with Crippen molar-refractivity contribution >= 4 is 15.9 Å². The molecule has 1 fully saturated rings. The van der Waals surface area contributed by atoms with E-state index in [1.807, 2.05) is 24.3 Å². The smallest absolute Gasteiger partial charge is 0.134 e. The fourth-order valence-electron chi connectivity index (χ4n) is 2.71. The standard InChI is InChI=1S/C18H23BrN2O2/c19-16-4-2-15(3-5-16)18-7-6-17(23-18)14-20-8-1-9-21-10-12-22-13-11-21/h2-7,20H,1,8-14H2. The Hall–Kier alpha value is -1.14. The van der Waals surface area contributed by atoms with Crippen LogP contribution in [-0.4, -0.2) is 44.3 Å². The summed E-state index contributed by atoms with van der Waals surface area (Å²) in [5.41, 5.74) is 1.10. The molecule has 0 bridgehead atoms. The number of ether oxygens (including phenoxy) is 1. The van der Waals surface area contributed by atoms with Gasteiger partial charge in [0, 0.05) is 23.1 Å². The van der Waals surface area contributed by atoms with E-state index in [4.69, 9.17) is 9.15 Å². The van der Waals surface area contributed by atoms with Gasteiger partial charge in [-0.15, -0.1) is 0 Å². The predicted molar refractivity (Wildman–Crippen MR) is 95.4 cm³/mol. The van der Waals surface area contributed by atoms with Crippen LogP contribution in [0.1, 0.15) is 12.2 Å². The van der Waals surface area contributed by atoms with Gasteiger partial charge in [0.05, 0.1) is 19.8 Å². The summed E-state index contributed by atoms with van der Waals surface area (Å²) < 4.78 is 12.3. The quantitative estimate of drug-likeness (QED) is 0.747. The van der Waals surface area contributed by atoms with Crippen LogP contribution in [0.3, 0.4) is 0 Å². The van der Waals surface area contributed by atoms with Gasteiger partial charge >= 0.3 is 0 Å². The van der Waals surface area contributed by atoms with E-state index in [0.29, 0.717) is 0 Å². The number of nitrogens with zero attached hydrogens (tertiary/aromatic N) is 1. The Morgan fingerprint density at radius 2 is 1.83 bits per heavy atom. The van der Waals surface area contributed by atoms with Gasteiger partial charge in [0.25, 0.3) is 0 Å². The SMILES string of the molecule is Brc1ccc(-c2ccc(CNCCCN3CCOCC3)o2)cc1. The molecular weight excluding hydrogens is 356 g/mol. The molecule has 124 valence electrons. The van der Waals surface area contributed by atoms with Gasteiger partial charge in [0.2, 0.25) is 0 Å². The third kappa shape index (κ3) is 5.18. The minimum absolute atomic E-state index is 0.777. The number of hydrogen-bond donors (Lipinski definition) is 1. The van der Waals surface area contributed by atoms with Crippen LogP contribution in [0.15, 0.2) is 45.3 Å². The summed E-state index contributed by atoms with van der Waals surface area (Å²) in [6.45, 7) is 6.80. The molecule has 1 aromatic heterocycles. The first-order valence-corrected chi connectivity index (χ1v) is 8.96. The second-order valence-corrected chi connectivity index (χ2v) is 6.67. The summed E-state index contributed by atoms with van der Waals surface area (Å²) in [7, 11) is 0. The molecule has 0 spiro atoms. The van der Waals surface area contributed by atoms with Crippen molar-refractivity contribution in [3.05, 3.63) is 46.6 Å². The zero-order chi connectivity index (χ0) is 15.9. The van der Waals surface area contributed by atoms with E-state index < -0.39 is 0 Å². The molecule has 3 rings (SSSR count). The highest BCUT2D eigenvalue weighted by Crippen LogP contribution is 2.23. The predicted octanol–water partition coefficient (Wildman–Crippen LogP) is 3.52. The number of nitrogens with one attached hydrogen (secondary N) is 1. The monoisotopic (exact) mass is 378 g/mol. The summed E-state index contributed by atoms with van der Waals surface area (Å²) in [5, 5.41) is 3.46. The van der Waals surface area contributed by atoms with Gasteiger partial charge in [0.15, 0.2) is 0 Å². The first-order valence-electron chi connectivity index (χ1n) is 8.17. The van der Waals surface area contributed by atoms with Crippen LogP contribution in [0.2, 0.25) is 0 Å². The van der Waals surface area contributed by atoms with E-state index in [1.165, 1.54) is 0 Å². The molecular formula is C18H23BrN2O2. The number of benzene rings is 1. The molecule has 1 aliphatic heterocycles. The van der Waals surface area contributed by atoms with Gasteiger partial charge < -0.3 is 14.5 Å². The molecule has 0 amide bonds. The molecule has 4 nitrogen and oxygen atoms in total. The molecule has 0 unspecified atom stereocenters. The van der Waals surface area contributed by atoms with Gasteiger partial charge in [-0.1, -0.05) is 28.1 Å². The topological polar surface area (TPSA) is 37.6 Å². The Bertz CT molecular complexity index is 591. The highest BCUT2D eigenvalue weighted by molar-refractivity contribution is 9.10. The maximum Gasteiger partial charge on any atom is 0.134 e. The lowest BCUT2D eigenvalue weighted by Gasteiger charge is -2.26. The number of morpholine rings is 1. The van der Waals surface area contributed by atoms with Crippen molar-refractivity contribution in [3.8, 4) is 11.3 Å². The molecule has 1 aromatic carbocycles. The number of furan rings is 1. The van der Waals surface area contributed by atoms with E-state index in [9.17, 15) is 0 Å². The molecule has 1 N–H and O–H groups in total. The minimum atomic E-state index is 0.777. The largest absolute Gasteiger partial charge is 0.460 e. The Labute approximate surface area is 145 Å². The van der Waals surface area contributed by atoms with E-state index in [2.05, 4.69) is 38.3 Å². The average molecular weight is 379 g/mol. The van der Waals surface area contributed by atoms with Gasteiger partial charge in [-0.2, -0.15) is 0 Å². The molecule has 5 heteroatoms. The van der Waals surface area contributed by atoms with Crippen molar-refractivity contribution in [2.24, 2.45) is 0 Å². The van der Waals surface area contributed by atoms with Crippen LogP contribution < -0.4 is 5.32 Å². The summed E-state index contributed by atoms with van der Waals surface area (Å²) in [4.78, 5) is 2.46. The maximum absolute atomic E-state index is 5.90. The molecule has 0 radical (unpaired) electrons. The van der Waals surface area contributed by atoms with Gasteiger partial charge in [0.1, 0.15) is 11.5 Å². The van der Waals surface area contributed by atoms with Crippen molar-refractivity contribution in [3.63, 3.8) is 0 Å². The normalized spacial score (nSPS) is 15.9. The maximum atomic E-state index is 5.90. The summed E-state index contributed by atoms with van der Waals surface area (Å²) >= 11 is 3.45. The van der Waals surface area contributed by atoms with Crippen molar-refractivity contribution in [1.29, 1.82) is 0 Å². The summed E-state index contributed by atoms with van der Waals surface area (Å²) in [5.74, 6) is 1.90. The zero-order valence-corrected chi connectivity index (χ0v) is 14.8. The van der Waals surface area contributed by atoms with E-state index in [0.717, 1.165) is 73.9 Å². The third-order valence-corrected chi connectivity index (χ3v) is 4.55. The van der Waals surface area contributed by atoms with Gasteiger partial charge in [-0.05, 0) is 43.8 Å². The van der Waals surface area contributed by atoms with Gasteiger partial charge in [-0.25, -0.2) is 0 Å². The Morgan fingerprint density at radius 3 is 2.61 bits per heavy atom. The lowest BCUT2D eigenvalue weighted by atomic mass is 10.2. The molecule has 1 saturated heterocycles. The minimum Gasteiger partial charge on any atom is -0.460 e. The zero-order valence-electron chi connectivity index (χ0n) is 13.3. The molecule has 2 aromatic rings. The van der Waals surface area contributed by atoms with Crippen LogP contribution in [0, 0.1) is 0 Å². The lowest BCUT2D eigenvalue weighted by Crippen LogP contribution is -2.37. The van der Waals surface area contributed by atoms with Crippen LogP contribution in [0.4, 0.5) is 0 Å². The summed E-state index contributed by atoms with van der Waals surface area (Å²) in [6, 6.07) is 12.3. The van der Waals surface area contributed by atoms with E-state index >= 15 is 0 Å². The Balaban J connectivity index is 1.38. The highest BCUT2D eigenvalue weighted by atomic mass is 79.9. The number of hydrogen-bond acceptors (Lipinski definition) is 4. The van der Waals surface area contributed by atoms with Gasteiger partial charge in [-0.3, -0.25) is 4.90 Å². The number of halogens is 1. The average Bonchev–Trinajstić information content (AvgIpc) is 3.05. The molecule has 2 heterocycles. The van der Waals surface area contributed by atoms with Crippen LogP contribution in [-0.2, 0) is 11.3 Å². The lowest BCUT2D eigenvalue weighted by molar-refractivity contribution is 0.0374.